The van der Waals surface area contributed by atoms with Crippen LogP contribution in [0.1, 0.15) is 24.9 Å². The largest absolute Gasteiger partial charge is 0.481 e. The Balaban J connectivity index is 2.83. The summed E-state index contributed by atoms with van der Waals surface area (Å²) < 4.78 is 37.7. The van der Waals surface area contributed by atoms with Crippen LogP contribution in [0, 0.1) is 5.82 Å². The highest BCUT2D eigenvalue weighted by Crippen LogP contribution is 2.22. The van der Waals surface area contributed by atoms with Crippen molar-refractivity contribution in [3.8, 4) is 0 Å². The van der Waals surface area contributed by atoms with Gasteiger partial charge in [0.25, 0.3) is 0 Å². The predicted molar refractivity (Wildman–Crippen MR) is 68.6 cm³/mol. The zero-order chi connectivity index (χ0) is 14.6. The lowest BCUT2D eigenvalue weighted by Gasteiger charge is -2.24. The molecule has 1 aromatic carbocycles. The van der Waals surface area contributed by atoms with E-state index in [4.69, 9.17) is 5.11 Å². The monoisotopic (exact) mass is 289 g/mol. The highest BCUT2D eigenvalue weighted by molar-refractivity contribution is 7.89. The van der Waals surface area contributed by atoms with E-state index in [-0.39, 0.29) is 0 Å². The maximum atomic E-state index is 12.8. The topological polar surface area (TPSA) is 74.7 Å². The molecule has 0 aliphatic rings. The Bertz CT molecular complexity index is 541. The number of nitrogens with zero attached hydrogens (tertiary/aromatic N) is 1. The Kier molecular flexibility index (Phi) is 5.02. The third-order valence-corrected chi connectivity index (χ3v) is 4.82. The van der Waals surface area contributed by atoms with E-state index in [1.165, 1.54) is 31.3 Å². The Hall–Kier alpha value is -1.47. The van der Waals surface area contributed by atoms with Crippen LogP contribution in [0.25, 0.3) is 0 Å². The molecule has 1 aromatic rings. The van der Waals surface area contributed by atoms with Crippen molar-refractivity contribution in [2.24, 2.45) is 0 Å². The van der Waals surface area contributed by atoms with E-state index in [0.29, 0.717) is 5.56 Å². The highest BCUT2D eigenvalue weighted by atomic mass is 32.2. The van der Waals surface area contributed by atoms with Crippen LogP contribution in [-0.2, 0) is 14.8 Å². The van der Waals surface area contributed by atoms with Crippen molar-refractivity contribution in [2.75, 3.05) is 12.8 Å². The van der Waals surface area contributed by atoms with Crippen LogP contribution in [0.2, 0.25) is 0 Å². The maximum absolute atomic E-state index is 12.8. The predicted octanol–water partition coefficient (Wildman–Crippen LogP) is 1.62. The van der Waals surface area contributed by atoms with Gasteiger partial charge in [-0.25, -0.2) is 12.8 Å². The molecule has 1 rings (SSSR count). The lowest BCUT2D eigenvalue weighted by Crippen LogP contribution is -2.32. The summed E-state index contributed by atoms with van der Waals surface area (Å²) in [7, 11) is -2.27. The van der Waals surface area contributed by atoms with Gasteiger partial charge in [-0.05, 0) is 24.6 Å². The van der Waals surface area contributed by atoms with Crippen LogP contribution in [0.15, 0.2) is 24.3 Å². The molecule has 1 N–H and O–H groups in total. The Morgan fingerprint density at radius 3 is 2.37 bits per heavy atom. The average molecular weight is 289 g/mol. The van der Waals surface area contributed by atoms with Crippen LogP contribution in [0.5, 0.6) is 0 Å². The molecular formula is C12H16FNO4S. The van der Waals surface area contributed by atoms with Crippen LogP contribution in [-0.4, -0.2) is 36.6 Å². The second-order valence-electron chi connectivity index (χ2n) is 4.20. The number of hydrogen-bond acceptors (Lipinski definition) is 3. The molecule has 19 heavy (non-hydrogen) atoms. The molecular weight excluding hydrogens is 273 g/mol. The summed E-state index contributed by atoms with van der Waals surface area (Å²) in [6, 6.07) is 5.03. The van der Waals surface area contributed by atoms with Crippen LogP contribution >= 0.6 is 0 Å². The number of hydrogen-bond donors (Lipinski definition) is 1. The second-order valence-corrected chi connectivity index (χ2v) is 6.35. The van der Waals surface area contributed by atoms with Gasteiger partial charge in [0.1, 0.15) is 5.82 Å². The summed E-state index contributed by atoms with van der Waals surface area (Å²) in [4.78, 5) is 10.4. The number of sulfonamides is 1. The molecule has 1 unspecified atom stereocenters. The number of carboxylic acids is 1. The molecule has 0 aliphatic heterocycles. The molecule has 7 heteroatoms. The van der Waals surface area contributed by atoms with E-state index in [2.05, 4.69) is 0 Å². The SMILES string of the molecule is CC(c1ccc(F)cc1)N(C)S(=O)(=O)CCC(=O)O. The fraction of sp³-hybridized carbons (Fsp3) is 0.417. The lowest BCUT2D eigenvalue weighted by atomic mass is 10.1. The van der Waals surface area contributed by atoms with Gasteiger partial charge in [0.2, 0.25) is 10.0 Å². The first kappa shape index (κ1) is 15.6. The van der Waals surface area contributed by atoms with Crippen molar-refractivity contribution in [3.05, 3.63) is 35.6 Å². The molecule has 0 fully saturated rings. The minimum Gasteiger partial charge on any atom is -0.481 e. The highest BCUT2D eigenvalue weighted by Gasteiger charge is 2.24. The molecule has 0 bridgehead atoms. The second kappa shape index (κ2) is 6.12. The Labute approximate surface area is 111 Å². The number of rotatable bonds is 6. The smallest absolute Gasteiger partial charge is 0.304 e. The summed E-state index contributed by atoms with van der Waals surface area (Å²) in [5.74, 6) is -2.01. The van der Waals surface area contributed by atoms with E-state index in [9.17, 15) is 17.6 Å². The fourth-order valence-corrected chi connectivity index (χ4v) is 2.88. The molecule has 0 spiro atoms. The Morgan fingerprint density at radius 2 is 1.89 bits per heavy atom. The zero-order valence-electron chi connectivity index (χ0n) is 10.7. The standard InChI is InChI=1S/C12H16FNO4S/c1-9(10-3-5-11(13)6-4-10)14(2)19(17,18)8-7-12(15)16/h3-6,9H,7-8H2,1-2H3,(H,15,16). The average Bonchev–Trinajstić information content (AvgIpc) is 2.35. The number of benzene rings is 1. The van der Waals surface area contributed by atoms with Crippen molar-refractivity contribution in [3.63, 3.8) is 0 Å². The number of halogens is 1. The summed E-state index contributed by atoms with van der Waals surface area (Å²) in [5.41, 5.74) is 0.641. The molecule has 106 valence electrons. The minimum absolute atomic E-state index is 0.396. The van der Waals surface area contributed by atoms with Gasteiger partial charge in [0.05, 0.1) is 12.2 Å². The van der Waals surface area contributed by atoms with Gasteiger partial charge < -0.3 is 5.11 Å². The van der Waals surface area contributed by atoms with E-state index >= 15 is 0 Å². The van der Waals surface area contributed by atoms with Gasteiger partial charge in [0, 0.05) is 13.1 Å². The first-order chi connectivity index (χ1) is 8.74. The van der Waals surface area contributed by atoms with Crippen LogP contribution in [0.4, 0.5) is 4.39 Å². The van der Waals surface area contributed by atoms with Gasteiger partial charge in [-0.1, -0.05) is 12.1 Å². The fourth-order valence-electron chi connectivity index (χ4n) is 1.55. The normalized spacial score (nSPS) is 13.5. The Morgan fingerprint density at radius 1 is 1.37 bits per heavy atom. The molecule has 1 atom stereocenters. The number of aliphatic carboxylic acids is 1. The molecule has 0 aromatic heterocycles. The minimum atomic E-state index is -3.65. The van der Waals surface area contributed by atoms with Crippen molar-refractivity contribution in [1.82, 2.24) is 4.31 Å². The van der Waals surface area contributed by atoms with Crippen LogP contribution < -0.4 is 0 Å². The third-order valence-electron chi connectivity index (χ3n) is 2.91. The zero-order valence-corrected chi connectivity index (χ0v) is 11.5. The molecule has 0 radical (unpaired) electrons. The van der Waals surface area contributed by atoms with Gasteiger partial charge >= 0.3 is 5.97 Å². The molecule has 0 saturated heterocycles. The van der Waals surface area contributed by atoms with Crippen LogP contribution in [0.3, 0.4) is 0 Å². The van der Waals surface area contributed by atoms with Gasteiger partial charge in [-0.15, -0.1) is 0 Å². The molecule has 0 aliphatic carbocycles. The number of carbonyl (C=O) groups is 1. The lowest BCUT2D eigenvalue weighted by molar-refractivity contribution is -0.136. The van der Waals surface area contributed by atoms with Crippen molar-refractivity contribution in [1.29, 1.82) is 0 Å². The van der Waals surface area contributed by atoms with Crippen molar-refractivity contribution >= 4 is 16.0 Å². The van der Waals surface area contributed by atoms with Crippen molar-refractivity contribution in [2.45, 2.75) is 19.4 Å². The van der Waals surface area contributed by atoms with Gasteiger partial charge in [0.15, 0.2) is 0 Å². The van der Waals surface area contributed by atoms with Gasteiger partial charge in [-0.2, -0.15) is 4.31 Å². The summed E-state index contributed by atoms with van der Waals surface area (Å²) >= 11 is 0. The van der Waals surface area contributed by atoms with E-state index in [1.807, 2.05) is 0 Å². The summed E-state index contributed by atoms with van der Waals surface area (Å²) in [6.45, 7) is 1.66. The summed E-state index contributed by atoms with van der Waals surface area (Å²) in [6.07, 6.45) is -0.442. The van der Waals surface area contributed by atoms with E-state index < -0.39 is 40.0 Å². The van der Waals surface area contributed by atoms with E-state index in [0.717, 1.165) is 4.31 Å². The first-order valence-electron chi connectivity index (χ1n) is 5.67. The maximum Gasteiger partial charge on any atom is 0.304 e. The van der Waals surface area contributed by atoms with Gasteiger partial charge in [-0.3, -0.25) is 4.79 Å². The summed E-state index contributed by atoms with van der Waals surface area (Å²) in [5, 5.41) is 8.52. The molecule has 0 amide bonds. The number of carboxylic acid groups (broad SMARTS) is 1. The molecule has 0 heterocycles. The van der Waals surface area contributed by atoms with E-state index in [1.54, 1.807) is 6.92 Å². The molecule has 0 saturated carbocycles. The third kappa shape index (κ3) is 4.29. The quantitative estimate of drug-likeness (QED) is 0.863. The molecule has 5 nitrogen and oxygen atoms in total. The first-order valence-corrected chi connectivity index (χ1v) is 7.28. The van der Waals surface area contributed by atoms with Crippen molar-refractivity contribution < 1.29 is 22.7 Å².